The Bertz CT molecular complexity index is 710. The van der Waals surface area contributed by atoms with E-state index in [1.54, 1.807) is 18.3 Å². The average Bonchev–Trinajstić information content (AvgIpc) is 2.66. The minimum Gasteiger partial charge on any atom is -0.480 e. The molecule has 29 heavy (non-hydrogen) atoms. The number of hydrogen-bond acceptors (Lipinski definition) is 6. The molecule has 0 spiro atoms. The van der Waals surface area contributed by atoms with Gasteiger partial charge in [-0.25, -0.2) is 9.59 Å². The van der Waals surface area contributed by atoms with Gasteiger partial charge in [0.15, 0.2) is 0 Å². The molecule has 162 valence electrons. The predicted octanol–water partition coefficient (Wildman–Crippen LogP) is 1.68. The number of nitrogens with one attached hydrogen (secondary N) is 1. The summed E-state index contributed by atoms with van der Waals surface area (Å²) in [5.41, 5.74) is 0.344. The zero-order valence-corrected chi connectivity index (χ0v) is 16.4. The third kappa shape index (κ3) is 7.54. The molecule has 1 amide bonds. The molecule has 2 heterocycles. The summed E-state index contributed by atoms with van der Waals surface area (Å²) < 4.78 is 31.0. The van der Waals surface area contributed by atoms with E-state index in [1.807, 2.05) is 0 Å². The summed E-state index contributed by atoms with van der Waals surface area (Å²) in [5, 5.41) is 19.2. The molecule has 12 heteroatoms. The van der Waals surface area contributed by atoms with E-state index in [0.29, 0.717) is 18.4 Å². The van der Waals surface area contributed by atoms with Crippen LogP contribution in [0.1, 0.15) is 30.1 Å². The highest BCUT2D eigenvalue weighted by molar-refractivity contribution is 7.82. The molecular weight excluding hydrogens is 415 g/mol. The van der Waals surface area contributed by atoms with Crippen LogP contribution < -0.4 is 5.32 Å². The number of aliphatic carboxylic acids is 2. The summed E-state index contributed by atoms with van der Waals surface area (Å²) in [4.78, 5) is 38.9. The smallest absolute Gasteiger partial charge is 0.480 e. The number of amides is 1. The fraction of sp³-hybridized carbons (Fsp3) is 0.529. The molecule has 0 aromatic carbocycles. The molecule has 2 rings (SSSR count). The zero-order valence-electron chi connectivity index (χ0n) is 15.5. The number of hydrogen-bond donors (Lipinski definition) is 4. The monoisotopic (exact) mass is 437 g/mol. The van der Waals surface area contributed by atoms with Gasteiger partial charge >= 0.3 is 18.1 Å². The number of carbonyl (C=O) groups is 3. The number of halogens is 3. The number of carboxylic acids is 2. The second-order valence-corrected chi connectivity index (χ2v) is 7.22. The average molecular weight is 437 g/mol. The van der Waals surface area contributed by atoms with Crippen LogP contribution in [0.25, 0.3) is 0 Å². The number of nitrogens with zero attached hydrogens (tertiary/aromatic N) is 2. The molecule has 3 N–H and O–H groups in total. The van der Waals surface area contributed by atoms with Crippen LogP contribution in [0, 0.1) is 0 Å². The molecule has 1 aromatic rings. The van der Waals surface area contributed by atoms with E-state index in [1.165, 1.54) is 6.20 Å². The first-order valence-electron chi connectivity index (χ1n) is 8.59. The molecule has 0 aliphatic carbocycles. The number of carbonyl (C=O) groups excluding carboxylic acids is 1. The maximum absolute atomic E-state index is 12.2. The molecule has 8 nitrogen and oxygen atoms in total. The Morgan fingerprint density at radius 2 is 1.86 bits per heavy atom. The van der Waals surface area contributed by atoms with Crippen molar-refractivity contribution in [1.29, 1.82) is 0 Å². The molecule has 0 radical (unpaired) electrons. The highest BCUT2D eigenvalue weighted by Gasteiger charge is 2.43. The van der Waals surface area contributed by atoms with Crippen molar-refractivity contribution in [2.45, 2.75) is 36.7 Å². The van der Waals surface area contributed by atoms with E-state index in [0.717, 1.165) is 19.6 Å². The van der Waals surface area contributed by atoms with Gasteiger partial charge < -0.3 is 20.4 Å². The molecule has 1 saturated heterocycles. The number of rotatable bonds is 5. The number of carboxylic acid groups (broad SMARTS) is 2. The molecule has 1 aromatic heterocycles. The van der Waals surface area contributed by atoms with Gasteiger partial charge in [0.25, 0.3) is 5.91 Å². The molecule has 1 fully saturated rings. The third-order valence-electron chi connectivity index (χ3n) is 4.40. The van der Waals surface area contributed by atoms with Crippen LogP contribution in [0.2, 0.25) is 0 Å². The molecule has 0 unspecified atom stereocenters. The number of piperidine rings is 1. The fourth-order valence-corrected chi connectivity index (χ4v) is 3.06. The molecule has 0 bridgehead atoms. The number of pyridine rings is 1. The van der Waals surface area contributed by atoms with E-state index in [2.05, 4.69) is 34.8 Å². The third-order valence-corrected chi connectivity index (χ3v) is 5.10. The normalized spacial score (nSPS) is 17.4. The van der Waals surface area contributed by atoms with Gasteiger partial charge in [0, 0.05) is 17.1 Å². The second kappa shape index (κ2) is 10.4. The second-order valence-electron chi connectivity index (χ2n) is 6.33. The van der Waals surface area contributed by atoms with E-state index in [9.17, 15) is 27.9 Å². The minimum absolute atomic E-state index is 0.344. The van der Waals surface area contributed by atoms with Gasteiger partial charge in [-0.15, -0.1) is 0 Å². The van der Waals surface area contributed by atoms with Gasteiger partial charge in [-0.2, -0.15) is 25.8 Å². The maximum atomic E-state index is 12.2. The summed E-state index contributed by atoms with van der Waals surface area (Å²) in [6.45, 7) is 4.58. The van der Waals surface area contributed by atoms with Gasteiger partial charge in [0.2, 0.25) is 0 Å². The fourth-order valence-electron chi connectivity index (χ4n) is 2.68. The van der Waals surface area contributed by atoms with Crippen LogP contribution in [0.5, 0.6) is 0 Å². The highest BCUT2D eigenvalue weighted by Crippen LogP contribution is 2.32. The largest absolute Gasteiger partial charge is 0.490 e. The Hall–Kier alpha value is -2.34. The number of alkyl halides is 3. The maximum Gasteiger partial charge on any atom is 0.490 e. The van der Waals surface area contributed by atoms with Crippen molar-refractivity contribution in [2.75, 3.05) is 19.6 Å². The SMILES string of the molecule is CCN1CCC(S)([C@H](NC(=O)c2cccnc2)C(=O)O)CC1.O=C(O)C(F)(F)F. The van der Waals surface area contributed by atoms with Crippen molar-refractivity contribution in [1.82, 2.24) is 15.2 Å². The minimum atomic E-state index is -5.08. The summed E-state index contributed by atoms with van der Waals surface area (Å²) in [7, 11) is 0. The van der Waals surface area contributed by atoms with Crippen LogP contribution in [-0.2, 0) is 9.59 Å². The van der Waals surface area contributed by atoms with E-state index in [4.69, 9.17) is 9.90 Å². The predicted molar refractivity (Wildman–Crippen MR) is 99.9 cm³/mol. The van der Waals surface area contributed by atoms with Crippen molar-refractivity contribution < 1.29 is 37.8 Å². The van der Waals surface area contributed by atoms with Gasteiger partial charge in [-0.05, 0) is 44.6 Å². The molecule has 1 aliphatic rings. The standard InChI is InChI=1S/C15H21N3O3S.C2HF3O2/c1-2-18-8-5-15(22,6-9-18)12(14(20)21)17-13(19)11-4-3-7-16-10-11;3-2(4,5)1(6)7/h3-4,7,10,12,22H,2,5-6,8-9H2,1H3,(H,17,19)(H,20,21);(H,6,7)/t12-;/m1./s1. The zero-order chi connectivity index (χ0) is 22.2. The lowest BCUT2D eigenvalue weighted by Gasteiger charge is -2.41. The lowest BCUT2D eigenvalue weighted by Crippen LogP contribution is -2.58. The Kier molecular flexibility index (Phi) is 8.89. The quantitative estimate of drug-likeness (QED) is 0.518. The van der Waals surface area contributed by atoms with Crippen LogP contribution in [0.4, 0.5) is 13.2 Å². The Morgan fingerprint density at radius 3 is 2.24 bits per heavy atom. The summed E-state index contributed by atoms with van der Waals surface area (Å²) in [5.74, 6) is -4.25. The van der Waals surface area contributed by atoms with Gasteiger partial charge in [-0.3, -0.25) is 9.78 Å². The van der Waals surface area contributed by atoms with Crippen LogP contribution in [-0.4, -0.2) is 74.5 Å². The van der Waals surface area contributed by atoms with Crippen LogP contribution >= 0.6 is 12.6 Å². The van der Waals surface area contributed by atoms with Gasteiger partial charge in [-0.1, -0.05) is 6.92 Å². The Morgan fingerprint density at radius 1 is 1.31 bits per heavy atom. The lowest BCUT2D eigenvalue weighted by atomic mass is 9.87. The first-order valence-corrected chi connectivity index (χ1v) is 9.04. The lowest BCUT2D eigenvalue weighted by molar-refractivity contribution is -0.192. The summed E-state index contributed by atoms with van der Waals surface area (Å²) >= 11 is 4.61. The number of thiol groups is 1. The topological polar surface area (TPSA) is 120 Å². The van der Waals surface area contributed by atoms with Crippen molar-refractivity contribution in [2.24, 2.45) is 0 Å². The molecule has 1 aliphatic heterocycles. The van der Waals surface area contributed by atoms with Gasteiger partial charge in [0.05, 0.1) is 5.56 Å². The van der Waals surface area contributed by atoms with Crippen molar-refractivity contribution in [3.05, 3.63) is 30.1 Å². The van der Waals surface area contributed by atoms with E-state index >= 15 is 0 Å². The highest BCUT2D eigenvalue weighted by atomic mass is 32.1. The van der Waals surface area contributed by atoms with Crippen molar-refractivity contribution in [3.63, 3.8) is 0 Å². The number of aromatic nitrogens is 1. The van der Waals surface area contributed by atoms with Crippen molar-refractivity contribution in [3.8, 4) is 0 Å². The van der Waals surface area contributed by atoms with Crippen molar-refractivity contribution >= 4 is 30.5 Å². The first kappa shape index (κ1) is 24.7. The van der Waals surface area contributed by atoms with Gasteiger partial charge in [0.1, 0.15) is 6.04 Å². The number of likely N-dealkylation sites (tertiary alicyclic amines) is 1. The summed E-state index contributed by atoms with van der Waals surface area (Å²) in [6, 6.07) is 2.22. The first-order chi connectivity index (χ1) is 13.4. The molecule has 1 atom stereocenters. The Balaban J connectivity index is 0.000000516. The Labute approximate surface area is 170 Å². The van der Waals surface area contributed by atoms with E-state index in [-0.39, 0.29) is 0 Å². The molecule has 0 saturated carbocycles. The van der Waals surface area contributed by atoms with Crippen LogP contribution in [0.3, 0.4) is 0 Å². The van der Waals surface area contributed by atoms with E-state index < -0.39 is 34.8 Å². The van der Waals surface area contributed by atoms with Crippen LogP contribution in [0.15, 0.2) is 24.5 Å². The molecular formula is C17H22F3N3O5S. The summed E-state index contributed by atoms with van der Waals surface area (Å²) in [6.07, 6.45) is -0.867.